The van der Waals surface area contributed by atoms with Gasteiger partial charge in [-0.3, -0.25) is 4.79 Å². The van der Waals surface area contributed by atoms with Crippen molar-refractivity contribution in [2.24, 2.45) is 5.73 Å². The summed E-state index contributed by atoms with van der Waals surface area (Å²) in [6, 6.07) is 5.62. The van der Waals surface area contributed by atoms with Crippen LogP contribution in [0, 0.1) is 0 Å². The number of amides is 1. The lowest BCUT2D eigenvalue weighted by molar-refractivity contribution is -0.115. The van der Waals surface area contributed by atoms with E-state index in [4.69, 9.17) is 10.5 Å². The lowest BCUT2D eigenvalue weighted by atomic mass is 10.1. The fourth-order valence-corrected chi connectivity index (χ4v) is 1.56. The number of carbonyl (C=O) groups excluding carboxylic acids is 1. The van der Waals surface area contributed by atoms with E-state index in [0.29, 0.717) is 6.42 Å². The molecule has 0 aliphatic carbocycles. The van der Waals surface area contributed by atoms with Crippen molar-refractivity contribution in [2.75, 3.05) is 12.4 Å². The molecule has 1 aliphatic heterocycles. The predicted octanol–water partition coefficient (Wildman–Crippen LogP) is 0.785. The molecular formula is C10H12N2O2. The number of rotatable bonds is 2. The Bertz CT molecular complexity index is 376. The zero-order chi connectivity index (χ0) is 10.1. The number of benzene rings is 1. The molecule has 74 valence electrons. The summed E-state index contributed by atoms with van der Waals surface area (Å²) in [4.78, 5) is 11.1. The Kier molecular flexibility index (Phi) is 2.23. The number of nitrogens with two attached hydrogens (primary N) is 1. The molecule has 2 rings (SSSR count). The molecule has 0 saturated heterocycles. The van der Waals surface area contributed by atoms with E-state index in [1.54, 1.807) is 7.11 Å². The maximum absolute atomic E-state index is 11.1. The van der Waals surface area contributed by atoms with Crippen LogP contribution in [0.5, 0.6) is 0 Å². The highest BCUT2D eigenvalue weighted by Crippen LogP contribution is 2.25. The lowest BCUT2D eigenvalue weighted by Crippen LogP contribution is -2.12. The molecule has 1 amide bonds. The highest BCUT2D eigenvalue weighted by molar-refractivity contribution is 5.99. The van der Waals surface area contributed by atoms with Gasteiger partial charge in [0.1, 0.15) is 6.23 Å². The second-order valence-corrected chi connectivity index (χ2v) is 3.30. The van der Waals surface area contributed by atoms with Crippen LogP contribution < -0.4 is 11.1 Å². The molecule has 1 atom stereocenters. The molecule has 1 aromatic rings. The van der Waals surface area contributed by atoms with Gasteiger partial charge in [-0.25, -0.2) is 0 Å². The number of methoxy groups -OCH3 is 1. The second kappa shape index (κ2) is 3.40. The number of hydrogen-bond acceptors (Lipinski definition) is 3. The Labute approximate surface area is 82.1 Å². The van der Waals surface area contributed by atoms with Crippen LogP contribution in [0.4, 0.5) is 5.69 Å². The smallest absolute Gasteiger partial charge is 0.228 e. The van der Waals surface area contributed by atoms with Crippen LogP contribution in [-0.4, -0.2) is 13.0 Å². The minimum atomic E-state index is -0.420. The summed E-state index contributed by atoms with van der Waals surface area (Å²) in [5.41, 5.74) is 8.45. The van der Waals surface area contributed by atoms with E-state index in [1.807, 2.05) is 18.2 Å². The average Bonchev–Trinajstić information content (AvgIpc) is 2.55. The number of anilines is 1. The van der Waals surface area contributed by atoms with Gasteiger partial charge in [-0.1, -0.05) is 6.07 Å². The fraction of sp³-hybridized carbons (Fsp3) is 0.300. The number of nitrogens with one attached hydrogen (secondary N) is 1. The molecule has 0 radical (unpaired) electrons. The van der Waals surface area contributed by atoms with Gasteiger partial charge in [0.25, 0.3) is 0 Å². The van der Waals surface area contributed by atoms with E-state index in [-0.39, 0.29) is 5.91 Å². The van der Waals surface area contributed by atoms with Crippen molar-refractivity contribution in [2.45, 2.75) is 12.6 Å². The third-order valence-electron chi connectivity index (χ3n) is 2.34. The first kappa shape index (κ1) is 9.18. The van der Waals surface area contributed by atoms with E-state index in [1.165, 1.54) is 0 Å². The zero-order valence-electron chi connectivity index (χ0n) is 7.91. The first-order chi connectivity index (χ1) is 6.70. The normalized spacial score (nSPS) is 16.3. The molecule has 4 heteroatoms. The molecule has 4 nitrogen and oxygen atoms in total. The largest absolute Gasteiger partial charge is 0.363 e. The molecule has 0 saturated carbocycles. The molecule has 1 aliphatic rings. The average molecular weight is 192 g/mol. The molecule has 1 unspecified atom stereocenters. The molecule has 0 aromatic heterocycles. The van der Waals surface area contributed by atoms with Crippen LogP contribution in [-0.2, 0) is 16.0 Å². The van der Waals surface area contributed by atoms with Crippen molar-refractivity contribution in [1.29, 1.82) is 0 Å². The summed E-state index contributed by atoms with van der Waals surface area (Å²) >= 11 is 0. The topological polar surface area (TPSA) is 64.3 Å². The number of hydrogen-bond donors (Lipinski definition) is 2. The molecular weight excluding hydrogens is 180 g/mol. The molecule has 14 heavy (non-hydrogen) atoms. The van der Waals surface area contributed by atoms with Crippen molar-refractivity contribution in [3.05, 3.63) is 29.3 Å². The van der Waals surface area contributed by atoms with Gasteiger partial charge in [0.05, 0.1) is 6.42 Å². The number of carbonyl (C=O) groups is 1. The first-order valence-corrected chi connectivity index (χ1v) is 4.42. The standard InChI is InChI=1S/C10H12N2O2/c1-14-10(11)6-2-3-8-7(4-6)5-9(13)12-8/h2-4,10H,5,11H2,1H3,(H,12,13). The Morgan fingerprint density at radius 2 is 2.36 bits per heavy atom. The quantitative estimate of drug-likeness (QED) is 0.681. The van der Waals surface area contributed by atoms with Crippen molar-refractivity contribution < 1.29 is 9.53 Å². The minimum Gasteiger partial charge on any atom is -0.363 e. The van der Waals surface area contributed by atoms with Crippen LogP contribution in [0.15, 0.2) is 18.2 Å². The Balaban J connectivity index is 2.32. The van der Waals surface area contributed by atoms with Gasteiger partial charge in [-0.05, 0) is 23.3 Å². The summed E-state index contributed by atoms with van der Waals surface area (Å²) in [6.07, 6.45) is 0.00980. The van der Waals surface area contributed by atoms with E-state index in [9.17, 15) is 4.79 Å². The summed E-state index contributed by atoms with van der Waals surface area (Å²) in [5.74, 6) is 0.0307. The second-order valence-electron chi connectivity index (χ2n) is 3.30. The molecule has 3 N–H and O–H groups in total. The van der Waals surface area contributed by atoms with Crippen LogP contribution in [0.25, 0.3) is 0 Å². The van der Waals surface area contributed by atoms with Crippen LogP contribution >= 0.6 is 0 Å². The van der Waals surface area contributed by atoms with Gasteiger partial charge in [-0.15, -0.1) is 0 Å². The SMILES string of the molecule is COC(N)c1ccc2c(c1)CC(=O)N2. The van der Waals surface area contributed by atoms with Crippen LogP contribution in [0.1, 0.15) is 17.4 Å². The van der Waals surface area contributed by atoms with E-state index in [0.717, 1.165) is 16.8 Å². The maximum atomic E-state index is 11.1. The van der Waals surface area contributed by atoms with Crippen molar-refractivity contribution in [3.63, 3.8) is 0 Å². The molecule has 1 aromatic carbocycles. The van der Waals surface area contributed by atoms with Crippen LogP contribution in [0.3, 0.4) is 0 Å². The van der Waals surface area contributed by atoms with E-state index in [2.05, 4.69) is 5.32 Å². The summed E-state index contributed by atoms with van der Waals surface area (Å²) in [5, 5.41) is 2.76. The Hall–Kier alpha value is -1.39. The van der Waals surface area contributed by atoms with Gasteiger partial charge in [0.2, 0.25) is 5.91 Å². The van der Waals surface area contributed by atoms with Gasteiger partial charge >= 0.3 is 0 Å². The zero-order valence-corrected chi connectivity index (χ0v) is 7.91. The Morgan fingerprint density at radius 3 is 3.07 bits per heavy atom. The van der Waals surface area contributed by atoms with Crippen molar-refractivity contribution in [3.8, 4) is 0 Å². The number of fused-ring (bicyclic) bond motifs is 1. The van der Waals surface area contributed by atoms with E-state index < -0.39 is 6.23 Å². The predicted molar refractivity (Wildman–Crippen MR) is 52.7 cm³/mol. The third-order valence-corrected chi connectivity index (χ3v) is 2.34. The summed E-state index contributed by atoms with van der Waals surface area (Å²) in [7, 11) is 1.56. The third kappa shape index (κ3) is 1.49. The molecule has 1 heterocycles. The molecule has 0 fully saturated rings. The Morgan fingerprint density at radius 1 is 1.57 bits per heavy atom. The van der Waals surface area contributed by atoms with Gasteiger partial charge in [-0.2, -0.15) is 0 Å². The highest BCUT2D eigenvalue weighted by atomic mass is 16.5. The fourth-order valence-electron chi connectivity index (χ4n) is 1.56. The monoisotopic (exact) mass is 192 g/mol. The lowest BCUT2D eigenvalue weighted by Gasteiger charge is -2.10. The summed E-state index contributed by atoms with van der Waals surface area (Å²) in [6.45, 7) is 0. The van der Waals surface area contributed by atoms with Crippen LogP contribution in [0.2, 0.25) is 0 Å². The minimum absolute atomic E-state index is 0.0307. The molecule has 0 bridgehead atoms. The van der Waals surface area contributed by atoms with E-state index >= 15 is 0 Å². The van der Waals surface area contributed by atoms with Crippen molar-refractivity contribution >= 4 is 11.6 Å². The van der Waals surface area contributed by atoms with Crippen molar-refractivity contribution in [1.82, 2.24) is 0 Å². The first-order valence-electron chi connectivity index (χ1n) is 4.42. The summed E-state index contributed by atoms with van der Waals surface area (Å²) < 4.78 is 5.00. The number of ether oxygens (including phenoxy) is 1. The maximum Gasteiger partial charge on any atom is 0.228 e. The van der Waals surface area contributed by atoms with Gasteiger partial charge < -0.3 is 15.8 Å². The van der Waals surface area contributed by atoms with Gasteiger partial charge in [0, 0.05) is 12.8 Å². The van der Waals surface area contributed by atoms with Gasteiger partial charge in [0.15, 0.2) is 0 Å². The highest BCUT2D eigenvalue weighted by Gasteiger charge is 2.18. The molecule has 0 spiro atoms.